The summed E-state index contributed by atoms with van der Waals surface area (Å²) in [5.41, 5.74) is 7.20. The van der Waals surface area contributed by atoms with Crippen molar-refractivity contribution in [3.63, 3.8) is 0 Å². The first-order valence-electron chi connectivity index (χ1n) is 10.1. The number of aliphatic hydroxyl groups excluding tert-OH is 2. The molecule has 7 nitrogen and oxygen atoms in total. The Kier molecular flexibility index (Phi) is 7.26. The van der Waals surface area contributed by atoms with E-state index in [9.17, 15) is 19.4 Å². The van der Waals surface area contributed by atoms with Crippen molar-refractivity contribution < 1.29 is 19.4 Å². The summed E-state index contributed by atoms with van der Waals surface area (Å²) in [5.74, 6) is -0.475. The summed E-state index contributed by atoms with van der Waals surface area (Å²) in [6.07, 6.45) is 0.669. The van der Waals surface area contributed by atoms with Gasteiger partial charge in [0.2, 0.25) is 0 Å². The molecular weight excluding hydrogens is 395 g/mol. The van der Waals surface area contributed by atoms with Crippen molar-refractivity contribution in [3.05, 3.63) is 24.0 Å². The van der Waals surface area contributed by atoms with E-state index in [-0.39, 0.29) is 10.8 Å². The second kappa shape index (κ2) is 9.69. The number of aliphatic hydroxyl groups is 2. The molecule has 1 aromatic rings. The van der Waals surface area contributed by atoms with Crippen LogP contribution in [0.25, 0.3) is 0 Å². The molecule has 2 saturated heterocycles. The molecule has 0 radical (unpaired) electrons. The first-order chi connectivity index (χ1) is 13.9. The molecule has 3 rings (SSSR count). The number of halogens is 1. The highest BCUT2D eigenvalue weighted by atomic mass is 32.1. The number of hydrogen-bond acceptors (Lipinski definition) is 6. The zero-order valence-electron chi connectivity index (χ0n) is 16.4. The summed E-state index contributed by atoms with van der Waals surface area (Å²) in [4.78, 5) is 16.0. The van der Waals surface area contributed by atoms with Crippen molar-refractivity contribution in [3.8, 4) is 0 Å². The smallest absolute Gasteiger partial charge is 0.254 e. The number of piperidine rings is 1. The summed E-state index contributed by atoms with van der Waals surface area (Å²) in [5, 5.41) is 23.4. The number of thiocarbonyl (C=S) groups is 1. The Morgan fingerprint density at radius 2 is 1.86 bits per heavy atom. The molecule has 0 bridgehead atoms. The van der Waals surface area contributed by atoms with Crippen LogP contribution in [0.1, 0.15) is 25.7 Å². The molecule has 0 saturated carbocycles. The maximum Gasteiger partial charge on any atom is 0.254 e. The number of nitrogens with two attached hydrogens (primary N) is 1. The van der Waals surface area contributed by atoms with Crippen molar-refractivity contribution in [1.29, 1.82) is 0 Å². The molecule has 2 aliphatic rings. The van der Waals surface area contributed by atoms with E-state index in [1.54, 1.807) is 11.0 Å². The summed E-state index contributed by atoms with van der Waals surface area (Å²) in [6, 6.07) is 4.44. The molecule has 2 aliphatic heterocycles. The van der Waals surface area contributed by atoms with Crippen LogP contribution in [0.5, 0.6) is 0 Å². The minimum absolute atomic E-state index is 0.0928. The third-order valence-electron chi connectivity index (χ3n) is 5.75. The molecule has 160 valence electrons. The van der Waals surface area contributed by atoms with E-state index in [4.69, 9.17) is 18.0 Å². The van der Waals surface area contributed by atoms with E-state index in [0.29, 0.717) is 31.2 Å². The predicted molar refractivity (Wildman–Crippen MR) is 114 cm³/mol. The molecule has 0 spiro atoms. The summed E-state index contributed by atoms with van der Waals surface area (Å²) >= 11 is 5.19. The number of amides is 1. The van der Waals surface area contributed by atoms with Gasteiger partial charge in [-0.2, -0.15) is 0 Å². The van der Waals surface area contributed by atoms with Crippen LogP contribution in [-0.2, 0) is 4.79 Å². The van der Waals surface area contributed by atoms with Gasteiger partial charge in [0, 0.05) is 32.7 Å². The van der Waals surface area contributed by atoms with Gasteiger partial charge in [0.05, 0.1) is 11.4 Å². The van der Waals surface area contributed by atoms with Crippen molar-refractivity contribution in [2.45, 2.75) is 37.9 Å². The molecular formula is C20H29FN4O3S. The molecule has 0 aliphatic carbocycles. The highest BCUT2D eigenvalue weighted by Crippen LogP contribution is 2.28. The zero-order chi connectivity index (χ0) is 21.0. The molecule has 0 aromatic heterocycles. The van der Waals surface area contributed by atoms with Crippen LogP contribution in [0, 0.1) is 11.7 Å². The van der Waals surface area contributed by atoms with Crippen LogP contribution in [0.2, 0.25) is 0 Å². The van der Waals surface area contributed by atoms with Gasteiger partial charge in [-0.25, -0.2) is 4.39 Å². The van der Waals surface area contributed by atoms with Crippen molar-refractivity contribution in [2.75, 3.05) is 43.4 Å². The van der Waals surface area contributed by atoms with Gasteiger partial charge in [0.25, 0.3) is 5.91 Å². The third-order valence-corrected chi connectivity index (χ3v) is 6.13. The van der Waals surface area contributed by atoms with Gasteiger partial charge in [0.1, 0.15) is 16.9 Å². The van der Waals surface area contributed by atoms with Crippen molar-refractivity contribution >= 4 is 34.5 Å². The molecule has 5 N–H and O–H groups in total. The monoisotopic (exact) mass is 424 g/mol. The maximum atomic E-state index is 13.2. The predicted octanol–water partition coefficient (Wildman–Crippen LogP) is 0.885. The fourth-order valence-corrected chi connectivity index (χ4v) is 4.16. The number of anilines is 2. The number of benzene rings is 1. The Balaban J connectivity index is 1.43. The van der Waals surface area contributed by atoms with Crippen LogP contribution in [-0.4, -0.2) is 70.9 Å². The summed E-state index contributed by atoms with van der Waals surface area (Å²) in [7, 11) is 0. The number of hydrogen-bond donors (Lipinski definition) is 4. The quantitative estimate of drug-likeness (QED) is 0.397. The van der Waals surface area contributed by atoms with Crippen LogP contribution in [0.4, 0.5) is 15.8 Å². The van der Waals surface area contributed by atoms with E-state index in [1.165, 1.54) is 12.1 Å². The number of likely N-dealkylation sites (tertiary alicyclic amines) is 1. The Hall–Kier alpha value is -1.97. The minimum Gasteiger partial charge on any atom is -0.397 e. The SMILES string of the molecule is Nc1cc(F)ccc1N1CCC(CNC(=S)[C@H](O)[C@@H](O)C(=O)N2CCCC2)CC1. The Morgan fingerprint density at radius 1 is 1.21 bits per heavy atom. The largest absolute Gasteiger partial charge is 0.397 e. The van der Waals surface area contributed by atoms with Crippen LogP contribution in [0.15, 0.2) is 18.2 Å². The molecule has 2 fully saturated rings. The van der Waals surface area contributed by atoms with E-state index in [2.05, 4.69) is 10.2 Å². The number of rotatable bonds is 6. The van der Waals surface area contributed by atoms with Gasteiger partial charge >= 0.3 is 0 Å². The standard InChI is InChI=1S/C20H29FN4O3S/c21-14-3-4-16(15(22)11-14)24-9-5-13(6-10-24)12-23-19(29)17(26)18(27)20(28)25-7-1-2-8-25/h3-4,11,13,17-18,26-27H,1-2,5-10,12,22H2,(H,23,29)/t17-,18-/m1/s1. The van der Waals surface area contributed by atoms with E-state index in [0.717, 1.165) is 44.5 Å². The molecule has 2 heterocycles. The van der Waals surface area contributed by atoms with Crippen LogP contribution >= 0.6 is 12.2 Å². The molecule has 2 atom stereocenters. The summed E-state index contributed by atoms with van der Waals surface area (Å²) < 4.78 is 13.2. The maximum absolute atomic E-state index is 13.2. The number of nitrogens with one attached hydrogen (secondary N) is 1. The molecule has 1 amide bonds. The Bertz CT molecular complexity index is 736. The highest BCUT2D eigenvalue weighted by Gasteiger charge is 2.32. The Labute approximate surface area is 175 Å². The lowest BCUT2D eigenvalue weighted by Gasteiger charge is -2.34. The number of carbonyl (C=O) groups is 1. The fraction of sp³-hybridized carbons (Fsp3) is 0.600. The fourth-order valence-electron chi connectivity index (χ4n) is 3.94. The lowest BCUT2D eigenvalue weighted by Crippen LogP contribution is -2.50. The zero-order valence-corrected chi connectivity index (χ0v) is 17.2. The molecule has 0 unspecified atom stereocenters. The third kappa shape index (κ3) is 5.34. The van der Waals surface area contributed by atoms with E-state index < -0.39 is 18.1 Å². The molecule has 29 heavy (non-hydrogen) atoms. The van der Waals surface area contributed by atoms with Gasteiger partial charge < -0.3 is 31.1 Å². The molecule has 1 aromatic carbocycles. The number of nitrogens with zero attached hydrogens (tertiary/aromatic N) is 2. The van der Waals surface area contributed by atoms with Crippen molar-refractivity contribution in [2.24, 2.45) is 5.92 Å². The van der Waals surface area contributed by atoms with Gasteiger partial charge in [-0.05, 0) is 49.8 Å². The Morgan fingerprint density at radius 3 is 2.48 bits per heavy atom. The van der Waals surface area contributed by atoms with Crippen molar-refractivity contribution in [1.82, 2.24) is 10.2 Å². The van der Waals surface area contributed by atoms with E-state index >= 15 is 0 Å². The number of nitrogen functional groups attached to an aromatic ring is 1. The average Bonchev–Trinajstić information content (AvgIpc) is 3.26. The van der Waals surface area contributed by atoms with Gasteiger partial charge in [-0.3, -0.25) is 4.79 Å². The van der Waals surface area contributed by atoms with E-state index in [1.807, 2.05) is 0 Å². The lowest BCUT2D eigenvalue weighted by molar-refractivity contribution is -0.142. The van der Waals surface area contributed by atoms with Crippen LogP contribution in [0.3, 0.4) is 0 Å². The normalized spacial score (nSPS) is 19.8. The first kappa shape index (κ1) is 21.7. The highest BCUT2D eigenvalue weighted by molar-refractivity contribution is 7.80. The van der Waals surface area contributed by atoms with Crippen LogP contribution < -0.4 is 16.0 Å². The van der Waals surface area contributed by atoms with Gasteiger partial charge in [-0.1, -0.05) is 12.2 Å². The van der Waals surface area contributed by atoms with Gasteiger partial charge in [0.15, 0.2) is 6.10 Å². The first-order valence-corrected chi connectivity index (χ1v) is 10.5. The second-order valence-electron chi connectivity index (χ2n) is 7.80. The number of carbonyl (C=O) groups excluding carboxylic acids is 1. The molecule has 9 heteroatoms. The lowest BCUT2D eigenvalue weighted by atomic mass is 9.96. The minimum atomic E-state index is -1.53. The average molecular weight is 425 g/mol. The summed E-state index contributed by atoms with van der Waals surface area (Å²) in [6.45, 7) is 3.36. The second-order valence-corrected chi connectivity index (χ2v) is 8.24. The topological polar surface area (TPSA) is 102 Å². The van der Waals surface area contributed by atoms with Gasteiger partial charge in [-0.15, -0.1) is 0 Å².